The Balaban J connectivity index is 1.68. The first-order valence-corrected chi connectivity index (χ1v) is 10.6. The average molecular weight is 420 g/mol. The minimum absolute atomic E-state index is 0.222. The van der Waals surface area contributed by atoms with Crippen LogP contribution in [-0.2, 0) is 15.3 Å². The van der Waals surface area contributed by atoms with E-state index in [-0.39, 0.29) is 11.8 Å². The molecule has 1 aliphatic heterocycles. The van der Waals surface area contributed by atoms with Crippen molar-refractivity contribution in [3.8, 4) is 0 Å². The Bertz CT molecular complexity index is 1050. The smallest absolute Gasteiger partial charge is 0.262 e. The molecule has 0 aliphatic carbocycles. The first-order chi connectivity index (χ1) is 14.1. The van der Waals surface area contributed by atoms with Crippen LogP contribution in [-0.4, -0.2) is 17.1 Å². The zero-order valence-electron chi connectivity index (χ0n) is 15.5. The van der Waals surface area contributed by atoms with E-state index in [0.717, 1.165) is 11.1 Å². The Morgan fingerprint density at radius 2 is 1.48 bits per heavy atom. The second-order valence-electron chi connectivity index (χ2n) is 6.64. The summed E-state index contributed by atoms with van der Waals surface area (Å²) in [6, 6.07) is 26.3. The van der Waals surface area contributed by atoms with Gasteiger partial charge in [-0.15, -0.1) is 11.8 Å². The lowest BCUT2D eigenvalue weighted by atomic mass is 10.1. The van der Waals surface area contributed by atoms with Crippen molar-refractivity contribution in [2.45, 2.75) is 11.0 Å². The number of hydrogen-bond acceptors (Lipinski definition) is 3. The molecule has 4 rings (SSSR count). The molecule has 0 N–H and O–H groups in total. The number of nitrogens with zero attached hydrogens (tertiary/aromatic N) is 1. The van der Waals surface area contributed by atoms with E-state index in [1.54, 1.807) is 24.3 Å². The zero-order valence-corrected chi connectivity index (χ0v) is 17.1. The van der Waals surface area contributed by atoms with Crippen LogP contribution in [0.25, 0.3) is 6.08 Å². The Hall–Kier alpha value is -2.82. The van der Waals surface area contributed by atoms with Crippen LogP contribution in [0, 0.1) is 0 Å². The summed E-state index contributed by atoms with van der Waals surface area (Å²) in [7, 11) is 0. The summed E-state index contributed by atoms with van der Waals surface area (Å²) in [6.07, 6.45) is 1.82. The summed E-state index contributed by atoms with van der Waals surface area (Å²) in [5.74, 6) is 0.137. The molecular weight excluding hydrogens is 402 g/mol. The minimum Gasteiger partial charge on any atom is -0.272 e. The molecule has 144 valence electrons. The SMILES string of the molecule is O=C1/C(=C/c2ccccc2)C(SCc2ccccc2)C(=O)N1c1ccc(Cl)cc1. The lowest BCUT2D eigenvalue weighted by Crippen LogP contribution is -2.31. The van der Waals surface area contributed by atoms with Crippen molar-refractivity contribution in [1.29, 1.82) is 0 Å². The van der Waals surface area contributed by atoms with Crippen LogP contribution in [0.1, 0.15) is 11.1 Å². The first-order valence-electron chi connectivity index (χ1n) is 9.19. The van der Waals surface area contributed by atoms with Gasteiger partial charge in [0.05, 0.1) is 5.69 Å². The maximum absolute atomic E-state index is 13.2. The molecule has 2 amide bonds. The normalized spacial score (nSPS) is 17.9. The lowest BCUT2D eigenvalue weighted by molar-refractivity contribution is -0.120. The van der Waals surface area contributed by atoms with Gasteiger partial charge in [0, 0.05) is 16.3 Å². The van der Waals surface area contributed by atoms with Crippen LogP contribution in [0.15, 0.2) is 90.5 Å². The molecule has 1 saturated heterocycles. The maximum atomic E-state index is 13.2. The zero-order chi connectivity index (χ0) is 20.2. The topological polar surface area (TPSA) is 37.4 Å². The van der Waals surface area contributed by atoms with Crippen molar-refractivity contribution in [3.63, 3.8) is 0 Å². The van der Waals surface area contributed by atoms with Gasteiger partial charge in [-0.2, -0.15) is 0 Å². The Morgan fingerprint density at radius 1 is 0.862 bits per heavy atom. The summed E-state index contributed by atoms with van der Waals surface area (Å²) in [4.78, 5) is 27.7. The quantitative estimate of drug-likeness (QED) is 0.399. The van der Waals surface area contributed by atoms with E-state index in [9.17, 15) is 9.59 Å². The highest BCUT2D eigenvalue weighted by Gasteiger charge is 2.44. The van der Waals surface area contributed by atoms with E-state index in [4.69, 9.17) is 11.6 Å². The standard InChI is InChI=1S/C24H18ClNO2S/c25-19-11-13-20(14-12-19)26-23(27)21(15-17-7-3-1-4-8-17)22(24(26)28)29-16-18-9-5-2-6-10-18/h1-15,22H,16H2/b21-15+. The molecule has 3 aromatic rings. The summed E-state index contributed by atoms with van der Waals surface area (Å²) in [5, 5.41) is 0.00138. The lowest BCUT2D eigenvalue weighted by Gasteiger charge is -2.14. The molecule has 0 bridgehead atoms. The monoisotopic (exact) mass is 419 g/mol. The summed E-state index contributed by atoms with van der Waals surface area (Å²) in [6.45, 7) is 0. The van der Waals surface area contributed by atoms with E-state index in [2.05, 4.69) is 0 Å². The van der Waals surface area contributed by atoms with Gasteiger partial charge in [0.15, 0.2) is 0 Å². The molecule has 1 aliphatic rings. The van der Waals surface area contributed by atoms with E-state index in [1.807, 2.05) is 66.7 Å². The summed E-state index contributed by atoms with van der Waals surface area (Å²) < 4.78 is 0. The van der Waals surface area contributed by atoms with E-state index in [1.165, 1.54) is 16.7 Å². The van der Waals surface area contributed by atoms with Crippen LogP contribution in [0.5, 0.6) is 0 Å². The number of carbonyl (C=O) groups excluding carboxylic acids is 2. The van der Waals surface area contributed by atoms with Crippen molar-refractivity contribution < 1.29 is 9.59 Å². The fraction of sp³-hybridized carbons (Fsp3) is 0.0833. The fourth-order valence-electron chi connectivity index (χ4n) is 3.21. The number of halogens is 1. The molecule has 0 radical (unpaired) electrons. The highest BCUT2D eigenvalue weighted by Crippen LogP contribution is 2.36. The second-order valence-corrected chi connectivity index (χ2v) is 8.17. The van der Waals surface area contributed by atoms with Crippen LogP contribution in [0.2, 0.25) is 5.02 Å². The van der Waals surface area contributed by atoms with Crippen molar-refractivity contribution in [3.05, 3.63) is 107 Å². The number of thioether (sulfide) groups is 1. The molecule has 0 spiro atoms. The van der Waals surface area contributed by atoms with Crippen molar-refractivity contribution in [2.75, 3.05) is 4.90 Å². The highest BCUT2D eigenvalue weighted by molar-refractivity contribution is 8.00. The minimum atomic E-state index is -0.557. The molecule has 5 heteroatoms. The van der Waals surface area contributed by atoms with Crippen molar-refractivity contribution >= 4 is 46.9 Å². The molecule has 3 nitrogen and oxygen atoms in total. The van der Waals surface area contributed by atoms with Crippen LogP contribution in [0.3, 0.4) is 0 Å². The van der Waals surface area contributed by atoms with Gasteiger partial charge in [-0.25, -0.2) is 4.90 Å². The Labute approximate surface area is 179 Å². The third-order valence-corrected chi connectivity index (χ3v) is 6.18. The molecule has 0 saturated carbocycles. The molecule has 29 heavy (non-hydrogen) atoms. The Kier molecular flexibility index (Phi) is 5.84. The predicted molar refractivity (Wildman–Crippen MR) is 120 cm³/mol. The number of benzene rings is 3. The number of hydrogen-bond donors (Lipinski definition) is 0. The molecule has 1 heterocycles. The molecule has 1 atom stereocenters. The van der Waals surface area contributed by atoms with Gasteiger partial charge in [0.1, 0.15) is 5.25 Å². The number of anilines is 1. The molecule has 1 fully saturated rings. The number of carbonyl (C=O) groups is 2. The predicted octanol–water partition coefficient (Wildman–Crippen LogP) is 5.60. The second kappa shape index (κ2) is 8.68. The molecule has 3 aromatic carbocycles. The van der Waals surface area contributed by atoms with Crippen molar-refractivity contribution in [2.24, 2.45) is 0 Å². The molecule has 0 aromatic heterocycles. The van der Waals surface area contributed by atoms with Gasteiger partial charge < -0.3 is 0 Å². The van der Waals surface area contributed by atoms with Crippen LogP contribution < -0.4 is 4.90 Å². The number of imide groups is 1. The highest BCUT2D eigenvalue weighted by atomic mass is 35.5. The number of amides is 2. The van der Waals surface area contributed by atoms with Gasteiger partial charge >= 0.3 is 0 Å². The average Bonchev–Trinajstić information content (AvgIpc) is 2.98. The first kappa shape index (κ1) is 19.5. The Morgan fingerprint density at radius 3 is 2.14 bits per heavy atom. The fourth-order valence-corrected chi connectivity index (χ4v) is 4.48. The van der Waals surface area contributed by atoms with Crippen LogP contribution in [0.4, 0.5) is 5.69 Å². The van der Waals surface area contributed by atoms with Crippen molar-refractivity contribution in [1.82, 2.24) is 0 Å². The van der Waals surface area contributed by atoms with Gasteiger partial charge in [-0.3, -0.25) is 9.59 Å². The summed E-state index contributed by atoms with van der Waals surface area (Å²) in [5.41, 5.74) is 3.04. The summed E-state index contributed by atoms with van der Waals surface area (Å²) >= 11 is 7.44. The molecular formula is C24H18ClNO2S. The molecule has 1 unspecified atom stereocenters. The van der Waals surface area contributed by atoms with Gasteiger partial charge in [0.2, 0.25) is 0 Å². The largest absolute Gasteiger partial charge is 0.272 e. The van der Waals surface area contributed by atoms with Crippen LogP contribution >= 0.6 is 23.4 Å². The number of rotatable bonds is 5. The van der Waals surface area contributed by atoms with E-state index in [0.29, 0.717) is 22.0 Å². The van der Waals surface area contributed by atoms with Gasteiger partial charge in [-0.1, -0.05) is 72.3 Å². The third-order valence-electron chi connectivity index (χ3n) is 4.64. The van der Waals surface area contributed by atoms with Gasteiger partial charge in [-0.05, 0) is 41.5 Å². The maximum Gasteiger partial charge on any atom is 0.262 e. The van der Waals surface area contributed by atoms with Gasteiger partial charge in [0.25, 0.3) is 11.8 Å². The van der Waals surface area contributed by atoms with E-state index < -0.39 is 5.25 Å². The third kappa shape index (κ3) is 4.29. The van der Waals surface area contributed by atoms with E-state index >= 15 is 0 Å².